The minimum atomic E-state index is -0.417. The molecule has 0 radical (unpaired) electrons. The number of nitrogens with zero attached hydrogens (tertiary/aromatic N) is 6. The van der Waals surface area contributed by atoms with Crippen LogP contribution in [0.1, 0.15) is 17.3 Å². The van der Waals surface area contributed by atoms with Crippen molar-refractivity contribution in [3.05, 3.63) is 48.0 Å². The van der Waals surface area contributed by atoms with E-state index in [0.29, 0.717) is 48.4 Å². The summed E-state index contributed by atoms with van der Waals surface area (Å²) >= 11 is 1.27. The molecule has 0 bridgehead atoms. The second-order valence-corrected chi connectivity index (χ2v) is 7.58. The first-order valence-electron chi connectivity index (χ1n) is 9.14. The summed E-state index contributed by atoms with van der Waals surface area (Å²) in [7, 11) is 0. The molecule has 10 heteroatoms. The van der Waals surface area contributed by atoms with Crippen molar-refractivity contribution in [2.75, 3.05) is 36.8 Å². The molecule has 1 aliphatic rings. The third-order valence-electron chi connectivity index (χ3n) is 4.75. The van der Waals surface area contributed by atoms with Crippen molar-refractivity contribution in [2.24, 2.45) is 0 Å². The van der Waals surface area contributed by atoms with Gasteiger partial charge in [-0.1, -0.05) is 11.8 Å². The Bertz CT molecular complexity index is 1030. The average Bonchev–Trinajstić information content (AvgIpc) is 3.15. The Labute approximate surface area is 170 Å². The van der Waals surface area contributed by atoms with E-state index in [1.165, 1.54) is 24.8 Å². The van der Waals surface area contributed by atoms with Gasteiger partial charge in [-0.25, -0.2) is 13.9 Å². The summed E-state index contributed by atoms with van der Waals surface area (Å²) in [5, 5.41) is 4.78. The number of piperazine rings is 1. The van der Waals surface area contributed by atoms with Crippen molar-refractivity contribution in [3.63, 3.8) is 0 Å². The van der Waals surface area contributed by atoms with Crippen molar-refractivity contribution >= 4 is 34.9 Å². The molecule has 3 heterocycles. The van der Waals surface area contributed by atoms with E-state index in [9.17, 15) is 14.0 Å². The molecular formula is C19H19FN6O2S. The Morgan fingerprint density at radius 3 is 2.69 bits per heavy atom. The molecule has 2 aromatic heterocycles. The van der Waals surface area contributed by atoms with E-state index in [1.54, 1.807) is 40.0 Å². The van der Waals surface area contributed by atoms with Gasteiger partial charge in [0.05, 0.1) is 11.4 Å². The van der Waals surface area contributed by atoms with Crippen molar-refractivity contribution in [1.29, 1.82) is 0 Å². The summed E-state index contributed by atoms with van der Waals surface area (Å²) in [6.45, 7) is 3.49. The first-order valence-corrected chi connectivity index (χ1v) is 10.1. The topological polar surface area (TPSA) is 83.7 Å². The zero-order valence-electron chi connectivity index (χ0n) is 15.8. The molecule has 1 aliphatic heterocycles. The lowest BCUT2D eigenvalue weighted by Gasteiger charge is -2.36. The van der Waals surface area contributed by atoms with Crippen molar-refractivity contribution in [3.8, 4) is 0 Å². The maximum atomic E-state index is 14.3. The highest BCUT2D eigenvalue weighted by atomic mass is 32.2. The summed E-state index contributed by atoms with van der Waals surface area (Å²) in [6, 6.07) is 6.29. The summed E-state index contributed by atoms with van der Waals surface area (Å²) in [4.78, 5) is 35.9. The van der Waals surface area contributed by atoms with Crippen LogP contribution in [0.3, 0.4) is 0 Å². The SMILES string of the molecule is CC(=O)c1ccc(N2CCN(C(=O)CSc3nc4ncccn4n3)CC2)c(F)c1. The van der Waals surface area contributed by atoms with Gasteiger partial charge >= 0.3 is 0 Å². The van der Waals surface area contributed by atoms with Crippen LogP contribution in [0.5, 0.6) is 0 Å². The van der Waals surface area contributed by atoms with Gasteiger partial charge in [-0.15, -0.1) is 5.10 Å². The van der Waals surface area contributed by atoms with Crippen molar-refractivity contribution < 1.29 is 14.0 Å². The van der Waals surface area contributed by atoms with Gasteiger partial charge in [0.2, 0.25) is 11.1 Å². The molecule has 1 aromatic carbocycles. The highest BCUT2D eigenvalue weighted by Gasteiger charge is 2.23. The number of amides is 1. The Balaban J connectivity index is 1.32. The first-order chi connectivity index (χ1) is 14.0. The van der Waals surface area contributed by atoms with E-state index in [2.05, 4.69) is 15.1 Å². The fraction of sp³-hybridized carbons (Fsp3) is 0.316. The van der Waals surface area contributed by atoms with Gasteiger partial charge in [0.25, 0.3) is 5.78 Å². The Morgan fingerprint density at radius 2 is 2.00 bits per heavy atom. The van der Waals surface area contributed by atoms with Crippen LogP contribution in [-0.4, -0.2) is 68.1 Å². The maximum absolute atomic E-state index is 14.3. The van der Waals surface area contributed by atoms with Crippen LogP contribution in [0, 0.1) is 5.82 Å². The van der Waals surface area contributed by atoms with Crippen LogP contribution >= 0.6 is 11.8 Å². The number of anilines is 1. The maximum Gasteiger partial charge on any atom is 0.253 e. The molecule has 29 heavy (non-hydrogen) atoms. The molecule has 1 amide bonds. The fourth-order valence-electron chi connectivity index (χ4n) is 3.17. The predicted octanol–water partition coefficient (Wildman–Crippen LogP) is 1.91. The monoisotopic (exact) mass is 414 g/mol. The number of Topliss-reactive ketones (excluding diaryl/α,β-unsaturated/α-hetero) is 1. The van der Waals surface area contributed by atoms with Gasteiger partial charge in [-0.2, -0.15) is 4.98 Å². The van der Waals surface area contributed by atoms with E-state index in [0.717, 1.165) is 0 Å². The number of halogens is 1. The quantitative estimate of drug-likeness (QED) is 0.466. The van der Waals surface area contributed by atoms with Crippen molar-refractivity contribution in [1.82, 2.24) is 24.5 Å². The molecule has 0 saturated carbocycles. The van der Waals surface area contributed by atoms with Gasteiger partial charge in [0.15, 0.2) is 5.78 Å². The van der Waals surface area contributed by atoms with Gasteiger partial charge in [-0.3, -0.25) is 9.59 Å². The van der Waals surface area contributed by atoms with E-state index in [-0.39, 0.29) is 17.4 Å². The molecule has 1 fully saturated rings. The number of hydrogen-bond donors (Lipinski definition) is 0. The highest BCUT2D eigenvalue weighted by Crippen LogP contribution is 2.23. The number of carbonyl (C=O) groups is 2. The van der Waals surface area contributed by atoms with E-state index in [1.807, 2.05) is 4.90 Å². The Hall–Kier alpha value is -3.01. The Kier molecular flexibility index (Phi) is 5.43. The van der Waals surface area contributed by atoms with Crippen LogP contribution in [-0.2, 0) is 4.79 Å². The zero-order valence-corrected chi connectivity index (χ0v) is 16.6. The summed E-state index contributed by atoms with van der Waals surface area (Å²) in [5.74, 6) is 0.139. The second kappa shape index (κ2) is 8.16. The largest absolute Gasteiger partial charge is 0.366 e. The van der Waals surface area contributed by atoms with Gasteiger partial charge in [0, 0.05) is 44.1 Å². The molecule has 0 aliphatic carbocycles. The third-order valence-corrected chi connectivity index (χ3v) is 5.57. The number of fused-ring (bicyclic) bond motifs is 1. The van der Waals surface area contributed by atoms with E-state index < -0.39 is 5.82 Å². The lowest BCUT2D eigenvalue weighted by molar-refractivity contribution is -0.128. The predicted molar refractivity (Wildman–Crippen MR) is 107 cm³/mol. The smallest absolute Gasteiger partial charge is 0.253 e. The highest BCUT2D eigenvalue weighted by molar-refractivity contribution is 7.99. The molecule has 0 N–H and O–H groups in total. The minimum Gasteiger partial charge on any atom is -0.366 e. The number of hydrogen-bond acceptors (Lipinski definition) is 7. The molecule has 8 nitrogen and oxygen atoms in total. The number of benzene rings is 1. The molecule has 4 rings (SSSR count). The van der Waals surface area contributed by atoms with Gasteiger partial charge < -0.3 is 9.80 Å². The number of ketones is 1. The molecule has 0 unspecified atom stereocenters. The lowest BCUT2D eigenvalue weighted by atomic mass is 10.1. The molecule has 0 atom stereocenters. The summed E-state index contributed by atoms with van der Waals surface area (Å²) in [5.41, 5.74) is 0.811. The Morgan fingerprint density at radius 1 is 1.21 bits per heavy atom. The number of thioether (sulfide) groups is 1. The van der Waals surface area contributed by atoms with Crippen LogP contribution < -0.4 is 4.90 Å². The van der Waals surface area contributed by atoms with E-state index in [4.69, 9.17) is 0 Å². The van der Waals surface area contributed by atoms with E-state index >= 15 is 0 Å². The third kappa shape index (κ3) is 4.21. The van der Waals surface area contributed by atoms with Crippen LogP contribution in [0.15, 0.2) is 41.8 Å². The second-order valence-electron chi connectivity index (χ2n) is 6.64. The fourth-order valence-corrected chi connectivity index (χ4v) is 3.90. The van der Waals surface area contributed by atoms with Crippen LogP contribution in [0.4, 0.5) is 10.1 Å². The molecular weight excluding hydrogens is 395 g/mol. The molecule has 0 spiro atoms. The van der Waals surface area contributed by atoms with Crippen molar-refractivity contribution in [2.45, 2.75) is 12.1 Å². The van der Waals surface area contributed by atoms with Gasteiger partial charge in [-0.05, 0) is 31.2 Å². The average molecular weight is 414 g/mol. The summed E-state index contributed by atoms with van der Waals surface area (Å²) < 4.78 is 15.9. The summed E-state index contributed by atoms with van der Waals surface area (Å²) in [6.07, 6.45) is 3.39. The molecule has 3 aromatic rings. The standard InChI is InChI=1S/C19H19FN6O2S/c1-13(27)14-3-4-16(15(20)11-14)24-7-9-25(10-8-24)17(28)12-29-19-22-18-21-5-2-6-26(18)23-19/h2-6,11H,7-10,12H2,1H3. The van der Waals surface area contributed by atoms with Gasteiger partial charge in [0.1, 0.15) is 5.82 Å². The molecule has 1 saturated heterocycles. The molecule has 150 valence electrons. The number of aromatic nitrogens is 4. The normalized spacial score (nSPS) is 14.4. The van der Waals surface area contributed by atoms with Crippen LogP contribution in [0.2, 0.25) is 0 Å². The lowest BCUT2D eigenvalue weighted by Crippen LogP contribution is -2.49. The zero-order chi connectivity index (χ0) is 20.4. The minimum absolute atomic E-state index is 0.00568. The van der Waals surface area contributed by atoms with Crippen LogP contribution in [0.25, 0.3) is 5.78 Å². The number of rotatable bonds is 5. The first kappa shape index (κ1) is 19.3. The number of carbonyl (C=O) groups excluding carboxylic acids is 2.